The number of carbonyl (C=O) groups is 1. The van der Waals surface area contributed by atoms with E-state index in [-0.39, 0.29) is 11.9 Å². The normalized spacial score (nSPS) is 20.1. The third-order valence-electron chi connectivity index (χ3n) is 4.42. The average Bonchev–Trinajstić information content (AvgIpc) is 2.47. The average molecular weight is 264 g/mol. The van der Waals surface area contributed by atoms with Gasteiger partial charge in [-0.15, -0.1) is 0 Å². The summed E-state index contributed by atoms with van der Waals surface area (Å²) in [5.41, 5.74) is 5.69. The Labute approximate surface area is 118 Å². The molecule has 1 aromatic heterocycles. The Bertz CT molecular complexity index is 708. The number of aryl methyl sites for hydroxylation is 1. The highest BCUT2D eigenvalue weighted by atomic mass is 16.2. The topological polar surface area (TPSA) is 33.2 Å². The molecule has 2 aromatic rings. The Kier molecular flexibility index (Phi) is 2.43. The number of carbonyl (C=O) groups excluding carboxylic acids is 1. The van der Waals surface area contributed by atoms with Crippen LogP contribution < -0.4 is 0 Å². The molecule has 2 aliphatic rings. The van der Waals surface area contributed by atoms with Crippen molar-refractivity contribution in [1.29, 1.82) is 0 Å². The summed E-state index contributed by atoms with van der Waals surface area (Å²) in [5, 5.41) is 0. The lowest BCUT2D eigenvalue weighted by Gasteiger charge is -2.40. The number of hydrogen-bond donors (Lipinski definition) is 0. The number of amides is 1. The van der Waals surface area contributed by atoms with Gasteiger partial charge in [-0.25, -0.2) is 0 Å². The number of nitrogens with zero attached hydrogens (tertiary/aromatic N) is 2. The molecular weight excluding hydrogens is 248 g/mol. The lowest BCUT2D eigenvalue weighted by atomic mass is 9.85. The fourth-order valence-corrected chi connectivity index (χ4v) is 3.44. The highest BCUT2D eigenvalue weighted by molar-refractivity contribution is 5.96. The maximum atomic E-state index is 12.6. The monoisotopic (exact) mass is 264 g/mol. The highest BCUT2D eigenvalue weighted by Crippen LogP contribution is 2.37. The zero-order chi connectivity index (χ0) is 13.7. The second kappa shape index (κ2) is 4.17. The van der Waals surface area contributed by atoms with Gasteiger partial charge in [-0.1, -0.05) is 23.8 Å². The first-order valence-corrected chi connectivity index (χ1v) is 7.08. The molecule has 0 saturated carbocycles. The van der Waals surface area contributed by atoms with Crippen molar-refractivity contribution >= 4 is 5.91 Å². The van der Waals surface area contributed by atoms with E-state index in [9.17, 15) is 4.79 Å². The van der Waals surface area contributed by atoms with Crippen LogP contribution in [-0.2, 0) is 12.8 Å². The molecule has 3 heterocycles. The molecule has 0 aliphatic carbocycles. The fraction of sp³-hybridized carbons (Fsp3) is 0.294. The van der Waals surface area contributed by atoms with Crippen molar-refractivity contribution in [2.75, 3.05) is 6.54 Å². The zero-order valence-corrected chi connectivity index (χ0v) is 11.5. The van der Waals surface area contributed by atoms with E-state index in [0.29, 0.717) is 0 Å². The van der Waals surface area contributed by atoms with Gasteiger partial charge < -0.3 is 4.90 Å². The number of rotatable bonds is 0. The van der Waals surface area contributed by atoms with Crippen molar-refractivity contribution in [3.8, 4) is 0 Å². The Morgan fingerprint density at radius 3 is 3.10 bits per heavy atom. The van der Waals surface area contributed by atoms with E-state index in [0.717, 1.165) is 30.6 Å². The Hall–Kier alpha value is -2.16. The number of pyridine rings is 1. The zero-order valence-electron chi connectivity index (χ0n) is 11.5. The van der Waals surface area contributed by atoms with E-state index in [1.165, 1.54) is 16.7 Å². The van der Waals surface area contributed by atoms with Crippen molar-refractivity contribution in [3.63, 3.8) is 0 Å². The minimum atomic E-state index is 0.135. The van der Waals surface area contributed by atoms with Crippen LogP contribution >= 0.6 is 0 Å². The van der Waals surface area contributed by atoms with Crippen molar-refractivity contribution in [1.82, 2.24) is 9.88 Å². The predicted octanol–water partition coefficient (Wildman–Crippen LogP) is 2.69. The van der Waals surface area contributed by atoms with Crippen LogP contribution in [0.5, 0.6) is 0 Å². The molecule has 2 aliphatic heterocycles. The summed E-state index contributed by atoms with van der Waals surface area (Å²) in [4.78, 5) is 19.0. The molecule has 0 fully saturated rings. The summed E-state index contributed by atoms with van der Waals surface area (Å²) in [6.45, 7) is 2.93. The summed E-state index contributed by atoms with van der Waals surface area (Å²) < 4.78 is 0. The molecule has 100 valence electrons. The van der Waals surface area contributed by atoms with E-state index in [1.807, 2.05) is 17.0 Å². The molecule has 4 rings (SSSR count). The van der Waals surface area contributed by atoms with E-state index in [1.54, 1.807) is 6.20 Å². The standard InChI is InChI=1S/C17H16N2O/c1-11-4-5-13-12(9-11)6-8-19-16(13)10-15-14(17(19)20)3-2-7-18-15/h2-5,7,9,16H,6,8,10H2,1H3/t16-/m1/s1. The first-order valence-electron chi connectivity index (χ1n) is 7.08. The van der Waals surface area contributed by atoms with E-state index < -0.39 is 0 Å². The predicted molar refractivity (Wildman–Crippen MR) is 76.6 cm³/mol. The van der Waals surface area contributed by atoms with E-state index in [2.05, 4.69) is 30.1 Å². The minimum Gasteiger partial charge on any atom is -0.331 e. The van der Waals surface area contributed by atoms with Gasteiger partial charge in [0.25, 0.3) is 5.91 Å². The van der Waals surface area contributed by atoms with Crippen LogP contribution in [0.1, 0.15) is 38.8 Å². The van der Waals surface area contributed by atoms with Crippen LogP contribution in [0.15, 0.2) is 36.5 Å². The summed E-state index contributed by atoms with van der Waals surface area (Å²) >= 11 is 0. The van der Waals surface area contributed by atoms with Crippen LogP contribution in [0.25, 0.3) is 0 Å². The third-order valence-corrected chi connectivity index (χ3v) is 4.42. The molecule has 3 heteroatoms. The van der Waals surface area contributed by atoms with Crippen LogP contribution in [0.3, 0.4) is 0 Å². The van der Waals surface area contributed by atoms with Gasteiger partial charge >= 0.3 is 0 Å². The Morgan fingerprint density at radius 1 is 1.30 bits per heavy atom. The second-order valence-electron chi connectivity index (χ2n) is 5.67. The molecule has 0 bridgehead atoms. The number of aromatic nitrogens is 1. The quantitative estimate of drug-likeness (QED) is 0.733. The SMILES string of the molecule is Cc1ccc2c(c1)CCN1C(=O)c3cccnc3C[C@H]21. The van der Waals surface area contributed by atoms with Gasteiger partial charge in [0.05, 0.1) is 17.3 Å². The van der Waals surface area contributed by atoms with Gasteiger partial charge in [0.15, 0.2) is 0 Å². The summed E-state index contributed by atoms with van der Waals surface area (Å²) in [6.07, 6.45) is 3.56. The molecule has 0 N–H and O–H groups in total. The minimum absolute atomic E-state index is 0.135. The molecule has 0 unspecified atom stereocenters. The smallest absolute Gasteiger partial charge is 0.256 e. The first kappa shape index (κ1) is 11.6. The van der Waals surface area contributed by atoms with Gasteiger partial charge in [-0.2, -0.15) is 0 Å². The summed E-state index contributed by atoms with van der Waals surface area (Å²) in [6, 6.07) is 10.5. The molecule has 20 heavy (non-hydrogen) atoms. The second-order valence-corrected chi connectivity index (χ2v) is 5.67. The van der Waals surface area contributed by atoms with Crippen LogP contribution in [0, 0.1) is 6.92 Å². The molecule has 0 radical (unpaired) electrons. The molecular formula is C17H16N2O. The first-order chi connectivity index (χ1) is 9.74. The molecule has 0 saturated heterocycles. The van der Waals surface area contributed by atoms with Crippen molar-refractivity contribution in [3.05, 3.63) is 64.5 Å². The number of hydrogen-bond acceptors (Lipinski definition) is 2. The Balaban J connectivity index is 1.84. The molecule has 1 atom stereocenters. The summed E-state index contributed by atoms with van der Waals surface area (Å²) in [7, 11) is 0. The lowest BCUT2D eigenvalue weighted by molar-refractivity contribution is 0.0629. The molecule has 0 spiro atoms. The van der Waals surface area contributed by atoms with Crippen LogP contribution in [0.2, 0.25) is 0 Å². The van der Waals surface area contributed by atoms with Crippen LogP contribution in [0.4, 0.5) is 0 Å². The Morgan fingerprint density at radius 2 is 2.20 bits per heavy atom. The molecule has 1 amide bonds. The maximum Gasteiger partial charge on any atom is 0.256 e. The van der Waals surface area contributed by atoms with Gasteiger partial charge in [0.2, 0.25) is 0 Å². The fourth-order valence-electron chi connectivity index (χ4n) is 3.44. The summed E-state index contributed by atoms with van der Waals surface area (Å²) in [5.74, 6) is 0.135. The van der Waals surface area contributed by atoms with Crippen LogP contribution in [-0.4, -0.2) is 22.3 Å². The van der Waals surface area contributed by atoms with Gasteiger partial charge in [0, 0.05) is 19.2 Å². The number of benzene rings is 1. The molecule has 3 nitrogen and oxygen atoms in total. The number of fused-ring (bicyclic) bond motifs is 4. The molecule has 1 aromatic carbocycles. The highest BCUT2D eigenvalue weighted by Gasteiger charge is 2.37. The van der Waals surface area contributed by atoms with Crippen molar-refractivity contribution < 1.29 is 4.79 Å². The third kappa shape index (κ3) is 1.59. The van der Waals surface area contributed by atoms with E-state index in [4.69, 9.17) is 0 Å². The van der Waals surface area contributed by atoms with Crippen molar-refractivity contribution in [2.24, 2.45) is 0 Å². The largest absolute Gasteiger partial charge is 0.331 e. The van der Waals surface area contributed by atoms with Gasteiger partial charge in [0.1, 0.15) is 0 Å². The maximum absolute atomic E-state index is 12.6. The van der Waals surface area contributed by atoms with Crippen molar-refractivity contribution in [2.45, 2.75) is 25.8 Å². The van der Waals surface area contributed by atoms with Gasteiger partial charge in [-0.3, -0.25) is 9.78 Å². The van der Waals surface area contributed by atoms with Gasteiger partial charge in [-0.05, 0) is 36.6 Å². The van der Waals surface area contributed by atoms with E-state index >= 15 is 0 Å². The lowest BCUT2D eigenvalue weighted by Crippen LogP contribution is -2.44.